The maximum absolute atomic E-state index is 10.8. The molecule has 1 aliphatic heterocycles. The highest BCUT2D eigenvalue weighted by Crippen LogP contribution is 2.16. The molecule has 0 spiro atoms. The molecule has 0 bridgehead atoms. The predicted octanol–water partition coefficient (Wildman–Crippen LogP) is 0.840. The maximum Gasteiger partial charge on any atom is 0.221 e. The lowest BCUT2D eigenvalue weighted by atomic mass is 9.98. The van der Waals surface area contributed by atoms with E-state index in [4.69, 9.17) is 5.73 Å². The fourth-order valence-electron chi connectivity index (χ4n) is 1.72. The molecule has 1 unspecified atom stereocenters. The van der Waals surface area contributed by atoms with Crippen molar-refractivity contribution in [2.45, 2.75) is 26.7 Å². The van der Waals surface area contributed by atoms with Crippen LogP contribution in [-0.4, -0.2) is 30.4 Å². The summed E-state index contributed by atoms with van der Waals surface area (Å²) in [5.74, 6) is 0.659. The van der Waals surface area contributed by atoms with E-state index < -0.39 is 0 Å². The Labute approximate surface area is 80.3 Å². The molecule has 3 heteroatoms. The van der Waals surface area contributed by atoms with Crippen LogP contribution in [0.3, 0.4) is 0 Å². The van der Waals surface area contributed by atoms with Gasteiger partial charge in [-0.1, -0.05) is 13.8 Å². The molecule has 0 aromatic carbocycles. The van der Waals surface area contributed by atoms with Gasteiger partial charge < -0.3 is 10.6 Å². The Balaban J connectivity index is 2.26. The fraction of sp³-hybridized carbons (Fsp3) is 0.900. The highest BCUT2D eigenvalue weighted by atomic mass is 16.1. The maximum atomic E-state index is 10.8. The van der Waals surface area contributed by atoms with E-state index in [9.17, 15) is 4.79 Å². The largest absolute Gasteiger partial charge is 0.369 e. The van der Waals surface area contributed by atoms with Gasteiger partial charge in [0.1, 0.15) is 0 Å². The summed E-state index contributed by atoms with van der Waals surface area (Å²) in [6, 6.07) is 0. The fourth-order valence-corrected chi connectivity index (χ4v) is 1.72. The van der Waals surface area contributed by atoms with E-state index in [1.165, 1.54) is 12.8 Å². The molecule has 1 saturated heterocycles. The van der Waals surface area contributed by atoms with Crippen molar-refractivity contribution in [1.29, 1.82) is 0 Å². The number of hydrogen-bond acceptors (Lipinski definition) is 2. The lowest BCUT2D eigenvalue weighted by molar-refractivity contribution is -0.121. The van der Waals surface area contributed by atoms with Gasteiger partial charge in [0.2, 0.25) is 5.91 Å². The SMILES string of the molecule is CC1CCN(CC(C)C(N)=O)CC1. The van der Waals surface area contributed by atoms with Gasteiger partial charge in [-0.3, -0.25) is 4.79 Å². The minimum Gasteiger partial charge on any atom is -0.369 e. The van der Waals surface area contributed by atoms with Crippen LogP contribution in [0.15, 0.2) is 0 Å². The normalized spacial score (nSPS) is 22.9. The van der Waals surface area contributed by atoms with Crippen LogP contribution >= 0.6 is 0 Å². The summed E-state index contributed by atoms with van der Waals surface area (Å²) in [6.45, 7) is 7.27. The molecule has 0 aliphatic carbocycles. The van der Waals surface area contributed by atoms with E-state index in [0.717, 1.165) is 25.6 Å². The molecule has 0 radical (unpaired) electrons. The second-order valence-electron chi connectivity index (χ2n) is 4.29. The Morgan fingerprint density at radius 2 is 2.08 bits per heavy atom. The molecule has 1 atom stereocenters. The lowest BCUT2D eigenvalue weighted by Crippen LogP contribution is -2.39. The second kappa shape index (κ2) is 4.61. The van der Waals surface area contributed by atoms with Gasteiger partial charge in [-0.25, -0.2) is 0 Å². The molecule has 0 saturated carbocycles. The van der Waals surface area contributed by atoms with Gasteiger partial charge in [0.25, 0.3) is 0 Å². The van der Waals surface area contributed by atoms with Gasteiger partial charge in [0.05, 0.1) is 0 Å². The monoisotopic (exact) mass is 184 g/mol. The van der Waals surface area contributed by atoms with E-state index in [1.807, 2.05) is 6.92 Å². The van der Waals surface area contributed by atoms with Crippen molar-refractivity contribution >= 4 is 5.91 Å². The summed E-state index contributed by atoms with van der Waals surface area (Å²) < 4.78 is 0. The standard InChI is InChI=1S/C10H20N2O/c1-8-3-5-12(6-4-8)7-9(2)10(11)13/h8-9H,3-7H2,1-2H3,(H2,11,13). The molecule has 1 amide bonds. The van der Waals surface area contributed by atoms with Gasteiger partial charge in [0.15, 0.2) is 0 Å². The van der Waals surface area contributed by atoms with Crippen molar-refractivity contribution in [2.24, 2.45) is 17.6 Å². The molecule has 1 rings (SSSR count). The van der Waals surface area contributed by atoms with Crippen molar-refractivity contribution in [3.63, 3.8) is 0 Å². The average molecular weight is 184 g/mol. The first-order valence-electron chi connectivity index (χ1n) is 5.11. The third kappa shape index (κ3) is 3.35. The summed E-state index contributed by atoms with van der Waals surface area (Å²) in [7, 11) is 0. The molecule has 3 nitrogen and oxygen atoms in total. The Morgan fingerprint density at radius 3 is 2.54 bits per heavy atom. The van der Waals surface area contributed by atoms with E-state index in [0.29, 0.717) is 0 Å². The third-order valence-electron chi connectivity index (χ3n) is 2.89. The van der Waals surface area contributed by atoms with Crippen LogP contribution in [0.4, 0.5) is 0 Å². The van der Waals surface area contributed by atoms with Gasteiger partial charge in [-0.2, -0.15) is 0 Å². The van der Waals surface area contributed by atoms with E-state index in [1.54, 1.807) is 0 Å². The van der Waals surface area contributed by atoms with E-state index in [-0.39, 0.29) is 11.8 Å². The summed E-state index contributed by atoms with van der Waals surface area (Å²) in [6.07, 6.45) is 2.51. The zero-order valence-electron chi connectivity index (χ0n) is 8.62. The molecular formula is C10H20N2O. The number of carbonyl (C=O) groups is 1. The van der Waals surface area contributed by atoms with Crippen LogP contribution in [0.2, 0.25) is 0 Å². The molecule has 1 aliphatic rings. The molecule has 0 aromatic heterocycles. The van der Waals surface area contributed by atoms with Gasteiger partial charge in [0, 0.05) is 12.5 Å². The Morgan fingerprint density at radius 1 is 1.54 bits per heavy atom. The lowest BCUT2D eigenvalue weighted by Gasteiger charge is -2.31. The van der Waals surface area contributed by atoms with Crippen molar-refractivity contribution in [1.82, 2.24) is 4.90 Å². The van der Waals surface area contributed by atoms with Crippen LogP contribution in [0, 0.1) is 11.8 Å². The smallest absolute Gasteiger partial charge is 0.221 e. The highest BCUT2D eigenvalue weighted by Gasteiger charge is 2.19. The number of hydrogen-bond donors (Lipinski definition) is 1. The molecule has 13 heavy (non-hydrogen) atoms. The number of primary amides is 1. The van der Waals surface area contributed by atoms with Crippen LogP contribution in [0.25, 0.3) is 0 Å². The number of rotatable bonds is 3. The van der Waals surface area contributed by atoms with Gasteiger partial charge >= 0.3 is 0 Å². The van der Waals surface area contributed by atoms with Crippen LogP contribution < -0.4 is 5.73 Å². The zero-order chi connectivity index (χ0) is 9.84. The summed E-state index contributed by atoms with van der Waals surface area (Å²) in [5, 5.41) is 0. The summed E-state index contributed by atoms with van der Waals surface area (Å²) in [5.41, 5.74) is 5.21. The Hall–Kier alpha value is -0.570. The van der Waals surface area contributed by atoms with Crippen molar-refractivity contribution < 1.29 is 4.79 Å². The van der Waals surface area contributed by atoms with Crippen LogP contribution in [0.1, 0.15) is 26.7 Å². The molecular weight excluding hydrogens is 164 g/mol. The first kappa shape index (κ1) is 10.5. The summed E-state index contributed by atoms with van der Waals surface area (Å²) in [4.78, 5) is 13.2. The van der Waals surface area contributed by atoms with E-state index in [2.05, 4.69) is 11.8 Å². The molecule has 0 aromatic rings. The number of carbonyl (C=O) groups excluding carboxylic acids is 1. The number of nitrogens with two attached hydrogens (primary N) is 1. The van der Waals surface area contributed by atoms with Gasteiger partial charge in [-0.05, 0) is 31.8 Å². The summed E-state index contributed by atoms with van der Waals surface area (Å²) >= 11 is 0. The van der Waals surface area contributed by atoms with Crippen LogP contribution in [0.5, 0.6) is 0 Å². The number of piperidine rings is 1. The number of nitrogens with zero attached hydrogens (tertiary/aromatic N) is 1. The van der Waals surface area contributed by atoms with Crippen molar-refractivity contribution in [3.05, 3.63) is 0 Å². The average Bonchev–Trinajstić information content (AvgIpc) is 2.08. The molecule has 1 fully saturated rings. The number of likely N-dealkylation sites (tertiary alicyclic amines) is 1. The Kier molecular flexibility index (Phi) is 3.72. The first-order valence-corrected chi connectivity index (χ1v) is 5.11. The number of amides is 1. The topological polar surface area (TPSA) is 46.3 Å². The van der Waals surface area contributed by atoms with Crippen molar-refractivity contribution in [2.75, 3.05) is 19.6 Å². The van der Waals surface area contributed by atoms with Crippen molar-refractivity contribution in [3.8, 4) is 0 Å². The molecule has 2 N–H and O–H groups in total. The minimum absolute atomic E-state index is 0.00611. The van der Waals surface area contributed by atoms with Crippen LogP contribution in [-0.2, 0) is 4.79 Å². The zero-order valence-corrected chi connectivity index (χ0v) is 8.62. The first-order chi connectivity index (χ1) is 6.09. The predicted molar refractivity (Wildman–Crippen MR) is 53.2 cm³/mol. The highest BCUT2D eigenvalue weighted by molar-refractivity contribution is 5.76. The quantitative estimate of drug-likeness (QED) is 0.706. The second-order valence-corrected chi connectivity index (χ2v) is 4.29. The molecule has 76 valence electrons. The van der Waals surface area contributed by atoms with Gasteiger partial charge in [-0.15, -0.1) is 0 Å². The molecule has 1 heterocycles. The van der Waals surface area contributed by atoms with E-state index >= 15 is 0 Å². The third-order valence-corrected chi connectivity index (χ3v) is 2.89. The Bertz CT molecular complexity index is 174. The minimum atomic E-state index is -0.182.